The molecule has 7 heteroatoms. The Morgan fingerprint density at radius 2 is 1.78 bits per heavy atom. The van der Waals surface area contributed by atoms with Gasteiger partial charge in [0.2, 0.25) is 5.43 Å². The number of piperazine rings is 1. The third-order valence-corrected chi connectivity index (χ3v) is 6.92. The van der Waals surface area contributed by atoms with Crippen LogP contribution < -0.4 is 10.7 Å². The van der Waals surface area contributed by atoms with E-state index in [0.717, 1.165) is 59.5 Å². The average Bonchev–Trinajstić information content (AvgIpc) is 2.93. The van der Waals surface area contributed by atoms with Crippen LogP contribution in [0.15, 0.2) is 83.9 Å². The van der Waals surface area contributed by atoms with Crippen molar-refractivity contribution in [3.63, 3.8) is 0 Å². The molecule has 2 N–H and O–H groups in total. The smallest absolute Gasteiger partial charge is 0.214 e. The summed E-state index contributed by atoms with van der Waals surface area (Å²) in [5.74, 6) is 0. The summed E-state index contributed by atoms with van der Waals surface area (Å²) in [6, 6.07) is 22.2. The molecule has 5 aromatic rings. The average molecular weight is 477 g/mol. The van der Waals surface area contributed by atoms with Gasteiger partial charge >= 0.3 is 0 Å². The fraction of sp³-hybridized carbons (Fsp3) is 0.207. The Hall–Kier alpha value is -4.07. The van der Waals surface area contributed by atoms with E-state index in [9.17, 15) is 4.79 Å². The summed E-state index contributed by atoms with van der Waals surface area (Å²) in [5, 5.41) is 4.96. The molecule has 3 aromatic heterocycles. The van der Waals surface area contributed by atoms with Gasteiger partial charge in [-0.3, -0.25) is 14.7 Å². The number of hydrogen-bond donors (Lipinski definition) is 2. The SMILES string of the molecule is CN1CCN(CNc2c[nH]c3nc(-c4ccccc4)c(-c4ccc5ncccc5c4)cc3c2=O)CC1. The van der Waals surface area contributed by atoms with Crippen LogP contribution >= 0.6 is 0 Å². The Morgan fingerprint density at radius 3 is 2.61 bits per heavy atom. The minimum Gasteiger partial charge on any atom is -0.368 e. The number of aromatic nitrogens is 3. The minimum atomic E-state index is -0.0475. The van der Waals surface area contributed by atoms with E-state index >= 15 is 0 Å². The summed E-state index contributed by atoms with van der Waals surface area (Å²) in [6.45, 7) is 4.68. The molecule has 1 aliphatic rings. The van der Waals surface area contributed by atoms with Crippen molar-refractivity contribution in [1.82, 2.24) is 24.8 Å². The molecule has 1 saturated heterocycles. The highest BCUT2D eigenvalue weighted by Gasteiger charge is 2.17. The van der Waals surface area contributed by atoms with E-state index in [2.05, 4.69) is 44.3 Å². The quantitative estimate of drug-likeness (QED) is 0.391. The van der Waals surface area contributed by atoms with Crippen molar-refractivity contribution >= 4 is 27.6 Å². The molecule has 4 heterocycles. The number of nitrogens with zero attached hydrogens (tertiary/aromatic N) is 4. The van der Waals surface area contributed by atoms with E-state index in [-0.39, 0.29) is 5.43 Å². The van der Waals surface area contributed by atoms with E-state index in [1.54, 1.807) is 12.4 Å². The van der Waals surface area contributed by atoms with Gasteiger partial charge in [0, 0.05) is 55.1 Å². The minimum absolute atomic E-state index is 0.0475. The molecule has 0 radical (unpaired) electrons. The van der Waals surface area contributed by atoms with Crippen LogP contribution in [0.5, 0.6) is 0 Å². The summed E-state index contributed by atoms with van der Waals surface area (Å²) in [7, 11) is 2.14. The molecule has 0 saturated carbocycles. The number of hydrogen-bond acceptors (Lipinski definition) is 6. The van der Waals surface area contributed by atoms with E-state index in [0.29, 0.717) is 23.4 Å². The molecular weight excluding hydrogens is 448 g/mol. The highest BCUT2D eigenvalue weighted by Crippen LogP contribution is 2.33. The highest BCUT2D eigenvalue weighted by atomic mass is 16.1. The molecule has 2 aromatic carbocycles. The number of likely N-dealkylation sites (N-methyl/N-ethyl adjacent to an activating group) is 1. The zero-order chi connectivity index (χ0) is 24.5. The Kier molecular flexibility index (Phi) is 5.93. The van der Waals surface area contributed by atoms with Gasteiger partial charge in [-0.15, -0.1) is 0 Å². The van der Waals surface area contributed by atoms with Crippen molar-refractivity contribution in [3.8, 4) is 22.4 Å². The summed E-state index contributed by atoms with van der Waals surface area (Å²) in [6.07, 6.45) is 3.54. The monoisotopic (exact) mass is 476 g/mol. The number of nitrogens with one attached hydrogen (secondary N) is 2. The van der Waals surface area contributed by atoms with Gasteiger partial charge in [-0.1, -0.05) is 42.5 Å². The van der Waals surface area contributed by atoms with Gasteiger partial charge in [0.05, 0.1) is 23.3 Å². The van der Waals surface area contributed by atoms with Crippen LogP contribution in [0.4, 0.5) is 5.69 Å². The fourth-order valence-corrected chi connectivity index (χ4v) is 4.76. The van der Waals surface area contributed by atoms with E-state index in [4.69, 9.17) is 4.98 Å². The topological polar surface area (TPSA) is 77.2 Å². The molecule has 36 heavy (non-hydrogen) atoms. The first-order valence-corrected chi connectivity index (χ1v) is 12.3. The number of anilines is 1. The molecule has 0 spiro atoms. The lowest BCUT2D eigenvalue weighted by molar-refractivity contribution is 0.162. The summed E-state index contributed by atoms with van der Waals surface area (Å²) in [4.78, 5) is 30.8. The van der Waals surface area contributed by atoms with Crippen LogP contribution in [0, 0.1) is 0 Å². The predicted octanol–water partition coefficient (Wildman–Crippen LogP) is 4.42. The van der Waals surface area contributed by atoms with Crippen molar-refractivity contribution in [2.24, 2.45) is 0 Å². The van der Waals surface area contributed by atoms with Crippen LogP contribution in [0.3, 0.4) is 0 Å². The number of aromatic amines is 1. The number of H-pyrrole nitrogens is 1. The van der Waals surface area contributed by atoms with E-state index in [1.165, 1.54) is 0 Å². The highest BCUT2D eigenvalue weighted by molar-refractivity contribution is 5.94. The molecule has 0 bridgehead atoms. The lowest BCUT2D eigenvalue weighted by Crippen LogP contribution is -2.46. The number of pyridine rings is 3. The van der Waals surface area contributed by atoms with Gasteiger partial charge in [-0.25, -0.2) is 4.98 Å². The van der Waals surface area contributed by atoms with Gasteiger partial charge in [0.1, 0.15) is 11.3 Å². The van der Waals surface area contributed by atoms with Crippen LogP contribution in [0.2, 0.25) is 0 Å². The molecule has 0 atom stereocenters. The van der Waals surface area contributed by atoms with Crippen LogP contribution in [0.25, 0.3) is 44.3 Å². The second kappa shape index (κ2) is 9.53. The molecule has 1 fully saturated rings. The van der Waals surface area contributed by atoms with Gasteiger partial charge in [-0.2, -0.15) is 0 Å². The van der Waals surface area contributed by atoms with Crippen molar-refractivity contribution in [2.45, 2.75) is 0 Å². The first-order valence-electron chi connectivity index (χ1n) is 12.3. The third-order valence-electron chi connectivity index (χ3n) is 6.92. The second-order valence-corrected chi connectivity index (χ2v) is 9.35. The molecule has 1 aliphatic heterocycles. The van der Waals surface area contributed by atoms with Crippen molar-refractivity contribution in [3.05, 3.63) is 89.3 Å². The number of benzene rings is 2. The maximum Gasteiger partial charge on any atom is 0.214 e. The molecule has 0 amide bonds. The molecule has 0 aliphatic carbocycles. The Bertz CT molecular complexity index is 1590. The second-order valence-electron chi connectivity index (χ2n) is 9.35. The van der Waals surface area contributed by atoms with E-state index in [1.807, 2.05) is 54.6 Å². The summed E-state index contributed by atoms with van der Waals surface area (Å²) < 4.78 is 0. The Labute approximate surface area is 209 Å². The molecule has 7 nitrogen and oxygen atoms in total. The van der Waals surface area contributed by atoms with Crippen molar-refractivity contribution < 1.29 is 0 Å². The normalized spacial score (nSPS) is 14.9. The lowest BCUT2D eigenvalue weighted by Gasteiger charge is -2.32. The van der Waals surface area contributed by atoms with Crippen LogP contribution in [-0.2, 0) is 0 Å². The van der Waals surface area contributed by atoms with Crippen molar-refractivity contribution in [1.29, 1.82) is 0 Å². The standard InChI is InChI=1S/C29H28N6O/c1-34-12-14-35(15-13-34)19-32-26-18-31-29-24(28(26)36)17-23(27(33-29)20-6-3-2-4-7-20)21-9-10-25-22(16-21)8-5-11-30-25/h2-11,16-18,32H,12-15,19H2,1H3,(H,31,33,36). The maximum atomic E-state index is 13.5. The maximum absolute atomic E-state index is 13.5. The van der Waals surface area contributed by atoms with Crippen LogP contribution in [0.1, 0.15) is 0 Å². The lowest BCUT2D eigenvalue weighted by atomic mass is 9.97. The summed E-state index contributed by atoms with van der Waals surface area (Å²) in [5.41, 5.74) is 5.77. The largest absolute Gasteiger partial charge is 0.368 e. The van der Waals surface area contributed by atoms with Gasteiger partial charge in [0.15, 0.2) is 0 Å². The number of fused-ring (bicyclic) bond motifs is 2. The zero-order valence-electron chi connectivity index (χ0n) is 20.2. The molecule has 180 valence electrons. The van der Waals surface area contributed by atoms with Crippen molar-refractivity contribution in [2.75, 3.05) is 45.2 Å². The van der Waals surface area contributed by atoms with Gasteiger partial charge in [-0.05, 0) is 36.9 Å². The summed E-state index contributed by atoms with van der Waals surface area (Å²) >= 11 is 0. The van der Waals surface area contributed by atoms with Crippen LogP contribution in [-0.4, -0.2) is 64.6 Å². The Balaban J connectivity index is 1.44. The van der Waals surface area contributed by atoms with Gasteiger partial charge < -0.3 is 15.2 Å². The van der Waals surface area contributed by atoms with Gasteiger partial charge in [0.25, 0.3) is 0 Å². The van der Waals surface area contributed by atoms with E-state index < -0.39 is 0 Å². The third kappa shape index (κ3) is 4.34. The zero-order valence-corrected chi connectivity index (χ0v) is 20.2. The first kappa shape index (κ1) is 22.4. The number of rotatable bonds is 5. The molecule has 6 rings (SSSR count). The fourth-order valence-electron chi connectivity index (χ4n) is 4.76. The first-order chi connectivity index (χ1) is 17.7. The molecular formula is C29H28N6O. The molecule has 0 unspecified atom stereocenters. The predicted molar refractivity (Wildman–Crippen MR) is 146 cm³/mol. The Morgan fingerprint density at radius 1 is 0.944 bits per heavy atom.